The smallest absolute Gasteiger partial charge is 0.466 e. The fourth-order valence-electron chi connectivity index (χ4n) is 2.57. The molecule has 25 heavy (non-hydrogen) atoms. The molecular formula is C17H23BO7. The molecule has 1 unspecified atom stereocenters. The van der Waals surface area contributed by atoms with Gasteiger partial charge in [0.15, 0.2) is 6.61 Å². The lowest BCUT2D eigenvalue weighted by Gasteiger charge is -2.32. The first-order valence-electron chi connectivity index (χ1n) is 8.04. The number of benzene rings is 1. The Kier molecular flexibility index (Phi) is 5.44. The summed E-state index contributed by atoms with van der Waals surface area (Å²) < 4.78 is 17.1. The molecule has 2 rings (SSSR count). The highest BCUT2D eigenvalue weighted by Crippen LogP contribution is 2.41. The Balaban J connectivity index is 2.21. The molecule has 0 radical (unpaired) electrons. The third-order valence-corrected chi connectivity index (χ3v) is 4.67. The average molecular weight is 350 g/mol. The van der Waals surface area contributed by atoms with Gasteiger partial charge in [0.25, 0.3) is 0 Å². The summed E-state index contributed by atoms with van der Waals surface area (Å²) in [7, 11) is -0.688. The molecule has 8 heteroatoms. The molecule has 2 N–H and O–H groups in total. The number of carboxylic acid groups (broad SMARTS) is 2. The van der Waals surface area contributed by atoms with E-state index < -0.39 is 42.7 Å². The van der Waals surface area contributed by atoms with E-state index in [9.17, 15) is 14.7 Å². The van der Waals surface area contributed by atoms with Crippen LogP contribution in [0.15, 0.2) is 24.3 Å². The highest BCUT2D eigenvalue weighted by Gasteiger charge is 2.54. The summed E-state index contributed by atoms with van der Waals surface area (Å²) in [6.45, 7) is 7.21. The zero-order valence-corrected chi connectivity index (χ0v) is 14.8. The summed E-state index contributed by atoms with van der Waals surface area (Å²) in [5.41, 5.74) is -0.388. The van der Waals surface area contributed by atoms with E-state index in [0.29, 0.717) is 5.75 Å². The third kappa shape index (κ3) is 4.52. The van der Waals surface area contributed by atoms with Gasteiger partial charge >= 0.3 is 19.1 Å². The maximum atomic E-state index is 11.3. The highest BCUT2D eigenvalue weighted by molar-refractivity contribution is 6.48. The summed E-state index contributed by atoms with van der Waals surface area (Å²) in [4.78, 5) is 21.8. The minimum Gasteiger partial charge on any atom is -0.482 e. The third-order valence-electron chi connectivity index (χ3n) is 4.67. The van der Waals surface area contributed by atoms with E-state index in [1.807, 2.05) is 27.7 Å². The number of carboxylic acids is 2. The molecule has 0 amide bonds. The van der Waals surface area contributed by atoms with Crippen molar-refractivity contribution in [1.29, 1.82) is 0 Å². The van der Waals surface area contributed by atoms with Crippen molar-refractivity contribution in [2.75, 3.05) is 6.61 Å². The second-order valence-corrected chi connectivity index (χ2v) is 7.08. The molecule has 0 spiro atoms. The average Bonchev–Trinajstić information content (AvgIpc) is 2.71. The molecule has 1 aromatic carbocycles. The van der Waals surface area contributed by atoms with Gasteiger partial charge in [-0.15, -0.1) is 0 Å². The fraction of sp³-hybridized carbons (Fsp3) is 0.529. The lowest BCUT2D eigenvalue weighted by Crippen LogP contribution is -2.41. The standard InChI is InChI=1S/C17H23BO7/c1-16(2)17(3,4)25-18(24-16)13(9-14(19)20)11-5-7-12(8-6-11)23-10-15(21)22/h5-8,13H,9-10H2,1-4H3,(H,19,20)(H,21,22). The van der Waals surface area contributed by atoms with Gasteiger partial charge in [-0.25, -0.2) is 4.79 Å². The highest BCUT2D eigenvalue weighted by atomic mass is 16.7. The van der Waals surface area contributed by atoms with Crippen LogP contribution in [-0.4, -0.2) is 47.1 Å². The molecule has 1 saturated heterocycles. The largest absolute Gasteiger partial charge is 0.482 e. The number of rotatable bonds is 7. The Morgan fingerprint density at radius 1 is 1.04 bits per heavy atom. The monoisotopic (exact) mass is 350 g/mol. The van der Waals surface area contributed by atoms with Crippen LogP contribution in [0.2, 0.25) is 0 Å². The molecule has 0 aromatic heterocycles. The Labute approximate surface area is 147 Å². The zero-order chi connectivity index (χ0) is 18.8. The van der Waals surface area contributed by atoms with Gasteiger partial charge in [0.2, 0.25) is 0 Å². The van der Waals surface area contributed by atoms with Crippen LogP contribution in [0.5, 0.6) is 5.75 Å². The molecule has 136 valence electrons. The van der Waals surface area contributed by atoms with Crippen molar-refractivity contribution >= 4 is 19.1 Å². The van der Waals surface area contributed by atoms with E-state index in [4.69, 9.17) is 19.2 Å². The van der Waals surface area contributed by atoms with Crippen molar-refractivity contribution in [3.63, 3.8) is 0 Å². The SMILES string of the molecule is CC1(C)OB(C(CC(=O)O)c2ccc(OCC(=O)O)cc2)OC1(C)C. The van der Waals surface area contributed by atoms with Crippen LogP contribution in [-0.2, 0) is 18.9 Å². The summed E-state index contributed by atoms with van der Waals surface area (Å²) in [5.74, 6) is -2.11. The van der Waals surface area contributed by atoms with Gasteiger partial charge in [0.05, 0.1) is 17.6 Å². The molecule has 0 bridgehead atoms. The Morgan fingerprint density at radius 3 is 2.00 bits per heavy atom. The van der Waals surface area contributed by atoms with Crippen LogP contribution in [0.1, 0.15) is 45.5 Å². The van der Waals surface area contributed by atoms with Gasteiger partial charge in [-0.05, 0) is 45.4 Å². The maximum absolute atomic E-state index is 11.3. The van der Waals surface area contributed by atoms with Crippen LogP contribution in [0, 0.1) is 0 Å². The van der Waals surface area contributed by atoms with Crippen molar-refractivity contribution in [3.05, 3.63) is 29.8 Å². The van der Waals surface area contributed by atoms with E-state index >= 15 is 0 Å². The number of carbonyl (C=O) groups is 2. The normalized spacial score (nSPS) is 19.4. The lowest BCUT2D eigenvalue weighted by atomic mass is 9.66. The number of ether oxygens (including phenoxy) is 1. The van der Waals surface area contributed by atoms with E-state index in [1.165, 1.54) is 0 Å². The van der Waals surface area contributed by atoms with Crippen molar-refractivity contribution < 1.29 is 33.8 Å². The molecule has 1 aromatic rings. The first kappa shape index (κ1) is 19.3. The number of aliphatic carboxylic acids is 2. The topological polar surface area (TPSA) is 102 Å². The van der Waals surface area contributed by atoms with E-state index in [-0.39, 0.29) is 6.42 Å². The van der Waals surface area contributed by atoms with Crippen molar-refractivity contribution in [3.8, 4) is 5.75 Å². The molecule has 7 nitrogen and oxygen atoms in total. The van der Waals surface area contributed by atoms with Gasteiger partial charge in [0, 0.05) is 5.82 Å². The summed E-state index contributed by atoms with van der Waals surface area (Å²) in [6.07, 6.45) is -0.147. The van der Waals surface area contributed by atoms with Crippen molar-refractivity contribution in [2.24, 2.45) is 0 Å². The summed E-state index contributed by atoms with van der Waals surface area (Å²) in [5, 5.41) is 17.9. The van der Waals surface area contributed by atoms with E-state index in [1.54, 1.807) is 24.3 Å². The molecule has 1 aliphatic heterocycles. The first-order valence-corrected chi connectivity index (χ1v) is 8.04. The Hall–Kier alpha value is -2.06. The van der Waals surface area contributed by atoms with Crippen LogP contribution < -0.4 is 4.74 Å². The summed E-state index contributed by atoms with van der Waals surface area (Å²) in [6, 6.07) is 6.63. The van der Waals surface area contributed by atoms with E-state index in [0.717, 1.165) is 5.56 Å². The van der Waals surface area contributed by atoms with Gasteiger partial charge in [0.1, 0.15) is 5.75 Å². The van der Waals surface area contributed by atoms with Crippen LogP contribution >= 0.6 is 0 Å². The minimum atomic E-state index is -1.06. The molecule has 0 aliphatic carbocycles. The van der Waals surface area contributed by atoms with Crippen molar-refractivity contribution in [2.45, 2.75) is 51.1 Å². The zero-order valence-electron chi connectivity index (χ0n) is 14.8. The quantitative estimate of drug-likeness (QED) is 0.728. The predicted molar refractivity (Wildman–Crippen MR) is 90.6 cm³/mol. The van der Waals surface area contributed by atoms with Crippen LogP contribution in [0.25, 0.3) is 0 Å². The summed E-state index contributed by atoms with van der Waals surface area (Å²) >= 11 is 0. The first-order chi connectivity index (χ1) is 11.5. The molecule has 1 fully saturated rings. The molecule has 1 heterocycles. The maximum Gasteiger partial charge on any atom is 0.466 e. The molecular weight excluding hydrogens is 327 g/mol. The van der Waals surface area contributed by atoms with Gasteiger partial charge in [-0.2, -0.15) is 0 Å². The molecule has 1 atom stereocenters. The predicted octanol–water partition coefficient (Wildman–Crippen LogP) is 2.34. The van der Waals surface area contributed by atoms with Gasteiger partial charge in [-0.1, -0.05) is 12.1 Å². The Bertz CT molecular complexity index is 623. The number of hydrogen-bond acceptors (Lipinski definition) is 5. The van der Waals surface area contributed by atoms with Crippen LogP contribution in [0.4, 0.5) is 0 Å². The van der Waals surface area contributed by atoms with Crippen molar-refractivity contribution in [1.82, 2.24) is 0 Å². The second-order valence-electron chi connectivity index (χ2n) is 7.08. The molecule has 1 aliphatic rings. The minimum absolute atomic E-state index is 0.147. The van der Waals surface area contributed by atoms with Crippen LogP contribution in [0.3, 0.4) is 0 Å². The molecule has 0 saturated carbocycles. The van der Waals surface area contributed by atoms with E-state index in [2.05, 4.69) is 0 Å². The van der Waals surface area contributed by atoms with Gasteiger partial charge in [-0.3, -0.25) is 4.79 Å². The van der Waals surface area contributed by atoms with Gasteiger partial charge < -0.3 is 24.3 Å². The fourth-order valence-corrected chi connectivity index (χ4v) is 2.57. The Morgan fingerprint density at radius 2 is 1.56 bits per heavy atom. The lowest BCUT2D eigenvalue weighted by molar-refractivity contribution is -0.139. The number of hydrogen-bond donors (Lipinski definition) is 2. The second kappa shape index (κ2) is 7.05.